The van der Waals surface area contributed by atoms with Crippen LogP contribution in [0.4, 0.5) is 5.82 Å². The van der Waals surface area contributed by atoms with Crippen LogP contribution in [0.25, 0.3) is 11.3 Å². The van der Waals surface area contributed by atoms with E-state index in [4.69, 9.17) is 5.73 Å². The fourth-order valence-corrected chi connectivity index (χ4v) is 2.91. The van der Waals surface area contributed by atoms with E-state index in [0.717, 1.165) is 17.1 Å². The Kier molecular flexibility index (Phi) is 3.55. The zero-order valence-corrected chi connectivity index (χ0v) is 12.9. The monoisotopic (exact) mass is 321 g/mol. The van der Waals surface area contributed by atoms with Gasteiger partial charge < -0.3 is 10.7 Å². The second-order valence-electron chi connectivity index (χ2n) is 5.64. The standard InChI is InChI=1S/C17H16N6O/c18-9-13-16-22-12(8-15-19-6-7-20-15)17(24)23(16)10-14(21-13)11-4-2-1-3-5-11/h1-7,10,12H,8-9,18H2,(H,19,20)/p+1. The summed E-state index contributed by atoms with van der Waals surface area (Å²) in [7, 11) is 0. The third kappa shape index (κ3) is 2.44. The molecule has 0 spiro atoms. The Labute approximate surface area is 138 Å². The van der Waals surface area contributed by atoms with Gasteiger partial charge in [0.15, 0.2) is 0 Å². The summed E-state index contributed by atoms with van der Waals surface area (Å²) in [6.45, 7) is 0.254. The summed E-state index contributed by atoms with van der Waals surface area (Å²) in [5, 5.41) is 3.23. The molecule has 0 fully saturated rings. The molecule has 7 heteroatoms. The van der Waals surface area contributed by atoms with Gasteiger partial charge >= 0.3 is 11.7 Å². The maximum Gasteiger partial charge on any atom is 0.359 e. The highest BCUT2D eigenvalue weighted by atomic mass is 16.2. The summed E-state index contributed by atoms with van der Waals surface area (Å²) in [6, 6.07) is 9.37. The number of nitrogens with zero attached hydrogens (tertiary/aromatic N) is 3. The number of carbonyl (C=O) groups excluding carboxylic acids is 1. The highest BCUT2D eigenvalue weighted by Gasteiger charge is 2.41. The molecule has 0 aliphatic carbocycles. The van der Waals surface area contributed by atoms with Gasteiger partial charge in [-0.25, -0.2) is 14.8 Å². The van der Waals surface area contributed by atoms with Crippen molar-refractivity contribution >= 4 is 11.7 Å². The quantitative estimate of drug-likeness (QED) is 0.620. The van der Waals surface area contributed by atoms with Gasteiger partial charge in [-0.3, -0.25) is 5.32 Å². The van der Waals surface area contributed by atoms with Crippen LogP contribution >= 0.6 is 0 Å². The zero-order valence-electron chi connectivity index (χ0n) is 12.9. The van der Waals surface area contributed by atoms with Crippen molar-refractivity contribution in [3.05, 3.63) is 60.4 Å². The molecule has 1 atom stereocenters. The average Bonchev–Trinajstić information content (AvgIpc) is 3.24. The van der Waals surface area contributed by atoms with Crippen molar-refractivity contribution in [2.24, 2.45) is 5.73 Å². The van der Waals surface area contributed by atoms with Gasteiger partial charge in [-0.1, -0.05) is 30.3 Å². The Morgan fingerprint density at radius 3 is 2.79 bits per heavy atom. The van der Waals surface area contributed by atoms with Crippen molar-refractivity contribution in [1.29, 1.82) is 0 Å². The molecule has 4 N–H and O–H groups in total. The summed E-state index contributed by atoms with van der Waals surface area (Å²) in [5.41, 5.74) is 8.20. The van der Waals surface area contributed by atoms with Crippen LogP contribution < -0.4 is 15.6 Å². The number of hydrogen-bond donors (Lipinski definition) is 3. The highest BCUT2D eigenvalue weighted by Crippen LogP contribution is 2.22. The second kappa shape index (κ2) is 5.86. The molecule has 1 aliphatic heterocycles. The van der Waals surface area contributed by atoms with E-state index in [2.05, 4.69) is 20.3 Å². The lowest BCUT2D eigenvalue weighted by molar-refractivity contribution is -0.552. The molecule has 0 radical (unpaired) electrons. The van der Waals surface area contributed by atoms with Gasteiger partial charge in [-0.05, 0) is 0 Å². The second-order valence-corrected chi connectivity index (χ2v) is 5.64. The van der Waals surface area contributed by atoms with Crippen LogP contribution in [0.3, 0.4) is 0 Å². The van der Waals surface area contributed by atoms with Gasteiger partial charge in [-0.15, -0.1) is 0 Å². The Balaban J connectivity index is 1.72. The largest absolute Gasteiger partial charge is 0.359 e. The van der Waals surface area contributed by atoms with E-state index in [1.807, 2.05) is 30.3 Å². The molecule has 0 bridgehead atoms. The van der Waals surface area contributed by atoms with Crippen LogP contribution in [0.5, 0.6) is 0 Å². The number of H-pyrrole nitrogens is 1. The van der Waals surface area contributed by atoms with Crippen molar-refractivity contribution in [3.63, 3.8) is 0 Å². The topological polar surface area (TPSA) is 101 Å². The third-order valence-electron chi connectivity index (χ3n) is 4.08. The molecule has 120 valence electrons. The van der Waals surface area contributed by atoms with Crippen LogP contribution in [0.15, 0.2) is 48.9 Å². The molecule has 3 heterocycles. The minimum Gasteiger partial charge on any atom is -0.348 e. The number of imidazole rings is 1. The van der Waals surface area contributed by atoms with E-state index in [-0.39, 0.29) is 18.5 Å². The predicted octanol–water partition coefficient (Wildman–Crippen LogP) is 0.895. The SMILES string of the molecule is NCc1nc(-c2ccccc2)c[n+]2c1NC(Cc1ncc[nH]1)C2=O. The molecule has 7 nitrogen and oxygen atoms in total. The number of aromatic nitrogens is 4. The predicted molar refractivity (Wildman–Crippen MR) is 88.1 cm³/mol. The molecule has 1 aliphatic rings. The molecule has 2 aromatic heterocycles. The summed E-state index contributed by atoms with van der Waals surface area (Å²) >= 11 is 0. The van der Waals surface area contributed by atoms with E-state index in [1.165, 1.54) is 0 Å². The molecule has 1 unspecified atom stereocenters. The molecular weight excluding hydrogens is 304 g/mol. The Hall–Kier alpha value is -3.06. The number of nitrogens with two attached hydrogens (primary N) is 1. The first kappa shape index (κ1) is 14.5. The summed E-state index contributed by atoms with van der Waals surface area (Å²) in [6.07, 6.45) is 5.67. The number of rotatable bonds is 4. The first-order valence-electron chi connectivity index (χ1n) is 7.76. The fourth-order valence-electron chi connectivity index (χ4n) is 2.91. The zero-order chi connectivity index (χ0) is 16.5. The van der Waals surface area contributed by atoms with E-state index in [0.29, 0.717) is 17.9 Å². The van der Waals surface area contributed by atoms with E-state index in [9.17, 15) is 4.79 Å². The lowest BCUT2D eigenvalue weighted by atomic mass is 10.1. The Morgan fingerprint density at radius 2 is 2.08 bits per heavy atom. The van der Waals surface area contributed by atoms with Crippen LogP contribution in [0.1, 0.15) is 16.3 Å². The molecule has 1 aromatic carbocycles. The average molecular weight is 321 g/mol. The lowest BCUT2D eigenvalue weighted by Crippen LogP contribution is -2.44. The van der Waals surface area contributed by atoms with Gasteiger partial charge in [0.2, 0.25) is 6.04 Å². The van der Waals surface area contributed by atoms with Gasteiger partial charge in [0.05, 0.1) is 6.42 Å². The molecule has 0 saturated heterocycles. The highest BCUT2D eigenvalue weighted by molar-refractivity contribution is 5.82. The van der Waals surface area contributed by atoms with Crippen molar-refractivity contribution < 1.29 is 9.36 Å². The van der Waals surface area contributed by atoms with E-state index >= 15 is 0 Å². The lowest BCUT2D eigenvalue weighted by Gasteiger charge is -2.04. The minimum atomic E-state index is -0.380. The number of anilines is 1. The van der Waals surface area contributed by atoms with Gasteiger partial charge in [0, 0.05) is 24.5 Å². The number of aromatic amines is 1. The number of benzene rings is 1. The number of carbonyl (C=O) groups is 1. The maximum absolute atomic E-state index is 12.8. The van der Waals surface area contributed by atoms with Crippen LogP contribution in [-0.2, 0) is 13.0 Å². The van der Waals surface area contributed by atoms with Crippen molar-refractivity contribution in [2.75, 3.05) is 5.32 Å². The third-order valence-corrected chi connectivity index (χ3v) is 4.08. The van der Waals surface area contributed by atoms with Crippen LogP contribution in [-0.4, -0.2) is 26.9 Å². The van der Waals surface area contributed by atoms with Gasteiger partial charge in [0.1, 0.15) is 23.4 Å². The summed E-state index contributed by atoms with van der Waals surface area (Å²) in [4.78, 5) is 24.6. The first-order valence-corrected chi connectivity index (χ1v) is 7.76. The molecular formula is C17H17N6O+. The minimum absolute atomic E-state index is 0.0318. The van der Waals surface area contributed by atoms with Crippen molar-refractivity contribution in [2.45, 2.75) is 19.0 Å². The number of fused-ring (bicyclic) bond motifs is 1. The molecule has 0 saturated carbocycles. The smallest absolute Gasteiger partial charge is 0.348 e. The molecule has 3 aromatic rings. The van der Waals surface area contributed by atoms with Gasteiger partial charge in [-0.2, -0.15) is 4.57 Å². The Morgan fingerprint density at radius 1 is 1.25 bits per heavy atom. The first-order chi connectivity index (χ1) is 11.8. The van der Waals surface area contributed by atoms with E-state index < -0.39 is 0 Å². The van der Waals surface area contributed by atoms with Crippen molar-refractivity contribution in [1.82, 2.24) is 15.0 Å². The number of hydrogen-bond acceptors (Lipinski definition) is 5. The normalized spacial score (nSPS) is 16.0. The fraction of sp³-hybridized carbons (Fsp3) is 0.176. The van der Waals surface area contributed by atoms with Gasteiger partial charge in [0.25, 0.3) is 0 Å². The molecule has 0 amide bonds. The summed E-state index contributed by atoms with van der Waals surface area (Å²) in [5.74, 6) is 1.40. The molecule has 4 rings (SSSR count). The molecule has 24 heavy (non-hydrogen) atoms. The van der Waals surface area contributed by atoms with Crippen LogP contribution in [0.2, 0.25) is 0 Å². The van der Waals surface area contributed by atoms with E-state index in [1.54, 1.807) is 23.2 Å². The maximum atomic E-state index is 12.8. The van der Waals surface area contributed by atoms with Crippen LogP contribution in [0, 0.1) is 0 Å². The van der Waals surface area contributed by atoms with Crippen molar-refractivity contribution in [3.8, 4) is 11.3 Å². The summed E-state index contributed by atoms with van der Waals surface area (Å²) < 4.78 is 1.62. The Bertz CT molecular complexity index is 876. The number of nitrogens with one attached hydrogen (secondary N) is 2.